The maximum atomic E-state index is 13.8. The summed E-state index contributed by atoms with van der Waals surface area (Å²) in [5.41, 5.74) is 5.88. The first-order chi connectivity index (χ1) is 10.0. The second-order valence-electron chi connectivity index (χ2n) is 5.38. The molecule has 1 fully saturated rings. The molecule has 112 valence electrons. The van der Waals surface area contributed by atoms with Crippen LogP contribution in [-0.4, -0.2) is 42.2 Å². The van der Waals surface area contributed by atoms with Gasteiger partial charge in [-0.1, -0.05) is 11.8 Å². The fraction of sp³-hybridized carbons (Fsp3) is 0.438. The Bertz CT molecular complexity index is 586. The van der Waals surface area contributed by atoms with Crippen LogP contribution in [0.1, 0.15) is 28.8 Å². The standard InChI is InChI=1S/C16H19FN2O2/c1-19(10-12-7-13(20)8-12)16(21)14-9-11(3-2-6-18)4-5-15(14)17/h4-5,9,12-13,20H,6-8,10,18H2,1H3. The Labute approximate surface area is 123 Å². The fourth-order valence-electron chi connectivity index (χ4n) is 2.45. The largest absolute Gasteiger partial charge is 0.393 e. The fourth-order valence-corrected chi connectivity index (χ4v) is 2.45. The topological polar surface area (TPSA) is 66.6 Å². The van der Waals surface area contributed by atoms with E-state index in [1.807, 2.05) is 0 Å². The van der Waals surface area contributed by atoms with Crippen molar-refractivity contribution < 1.29 is 14.3 Å². The number of halogens is 1. The molecule has 0 spiro atoms. The predicted octanol–water partition coefficient (Wildman–Crippen LogP) is 0.979. The number of carbonyl (C=O) groups excluding carboxylic acids is 1. The molecule has 1 amide bonds. The van der Waals surface area contributed by atoms with Gasteiger partial charge in [-0.3, -0.25) is 4.79 Å². The molecule has 1 saturated carbocycles. The average Bonchev–Trinajstić information content (AvgIpc) is 2.44. The molecule has 21 heavy (non-hydrogen) atoms. The van der Waals surface area contributed by atoms with Gasteiger partial charge in [-0.15, -0.1) is 0 Å². The number of aliphatic hydroxyl groups excluding tert-OH is 1. The summed E-state index contributed by atoms with van der Waals surface area (Å²) < 4.78 is 13.8. The molecule has 4 nitrogen and oxygen atoms in total. The molecule has 0 bridgehead atoms. The lowest BCUT2D eigenvalue weighted by Crippen LogP contribution is -2.39. The average molecular weight is 290 g/mol. The molecule has 0 unspecified atom stereocenters. The molecule has 1 aromatic rings. The Morgan fingerprint density at radius 3 is 2.86 bits per heavy atom. The minimum atomic E-state index is -0.557. The van der Waals surface area contributed by atoms with E-state index in [0.29, 0.717) is 24.9 Å². The number of benzene rings is 1. The second kappa shape index (κ2) is 6.70. The van der Waals surface area contributed by atoms with E-state index >= 15 is 0 Å². The molecule has 0 aromatic heterocycles. The molecule has 0 radical (unpaired) electrons. The van der Waals surface area contributed by atoms with Crippen molar-refractivity contribution in [3.8, 4) is 11.8 Å². The third-order valence-corrected chi connectivity index (χ3v) is 3.62. The third kappa shape index (κ3) is 3.81. The van der Waals surface area contributed by atoms with Crippen LogP contribution in [0.3, 0.4) is 0 Å². The lowest BCUT2D eigenvalue weighted by molar-refractivity contribution is 0.0264. The normalized spacial score (nSPS) is 20.2. The highest BCUT2D eigenvalue weighted by Gasteiger charge is 2.29. The molecule has 0 atom stereocenters. The van der Waals surface area contributed by atoms with Crippen molar-refractivity contribution in [2.45, 2.75) is 18.9 Å². The Kier molecular flexibility index (Phi) is 4.94. The first-order valence-electron chi connectivity index (χ1n) is 6.93. The van der Waals surface area contributed by atoms with Crippen LogP contribution < -0.4 is 5.73 Å². The highest BCUT2D eigenvalue weighted by Crippen LogP contribution is 2.28. The Morgan fingerprint density at radius 2 is 2.24 bits per heavy atom. The number of rotatable bonds is 3. The van der Waals surface area contributed by atoms with Gasteiger partial charge in [0.15, 0.2) is 0 Å². The highest BCUT2D eigenvalue weighted by atomic mass is 19.1. The Balaban J connectivity index is 2.10. The summed E-state index contributed by atoms with van der Waals surface area (Å²) in [4.78, 5) is 13.8. The number of carbonyl (C=O) groups is 1. The summed E-state index contributed by atoms with van der Waals surface area (Å²) in [5, 5.41) is 9.26. The van der Waals surface area contributed by atoms with E-state index in [2.05, 4.69) is 11.8 Å². The second-order valence-corrected chi connectivity index (χ2v) is 5.38. The van der Waals surface area contributed by atoms with Crippen LogP contribution in [0.25, 0.3) is 0 Å². The van der Waals surface area contributed by atoms with Crippen molar-refractivity contribution >= 4 is 5.91 Å². The van der Waals surface area contributed by atoms with E-state index in [0.717, 1.165) is 0 Å². The van der Waals surface area contributed by atoms with Crippen LogP contribution in [0.15, 0.2) is 18.2 Å². The van der Waals surface area contributed by atoms with E-state index in [1.54, 1.807) is 7.05 Å². The number of nitrogens with zero attached hydrogens (tertiary/aromatic N) is 1. The number of hydrogen-bond donors (Lipinski definition) is 2. The molecule has 1 aromatic carbocycles. The van der Waals surface area contributed by atoms with Crippen LogP contribution in [0.4, 0.5) is 4.39 Å². The van der Waals surface area contributed by atoms with Gasteiger partial charge in [-0.2, -0.15) is 0 Å². The van der Waals surface area contributed by atoms with Gasteiger partial charge in [0, 0.05) is 19.2 Å². The van der Waals surface area contributed by atoms with Gasteiger partial charge in [0.1, 0.15) is 5.82 Å². The third-order valence-electron chi connectivity index (χ3n) is 3.62. The van der Waals surface area contributed by atoms with Crippen molar-refractivity contribution in [1.82, 2.24) is 4.90 Å². The lowest BCUT2D eigenvalue weighted by Gasteiger charge is -2.34. The summed E-state index contributed by atoms with van der Waals surface area (Å²) in [7, 11) is 1.64. The number of amides is 1. The molecule has 0 saturated heterocycles. The molecule has 1 aliphatic rings. The minimum absolute atomic E-state index is 0.0150. The molecular weight excluding hydrogens is 271 g/mol. The Morgan fingerprint density at radius 1 is 1.52 bits per heavy atom. The van der Waals surface area contributed by atoms with E-state index in [1.165, 1.54) is 23.1 Å². The van der Waals surface area contributed by atoms with Crippen LogP contribution >= 0.6 is 0 Å². The van der Waals surface area contributed by atoms with Gasteiger partial charge in [-0.25, -0.2) is 4.39 Å². The van der Waals surface area contributed by atoms with Gasteiger partial charge in [-0.05, 0) is 37.0 Å². The molecule has 2 rings (SSSR count). The SMILES string of the molecule is CN(CC1CC(O)C1)C(=O)c1cc(C#CCN)ccc1F. The van der Waals surface area contributed by atoms with Gasteiger partial charge in [0.2, 0.25) is 0 Å². The smallest absolute Gasteiger partial charge is 0.256 e. The predicted molar refractivity (Wildman–Crippen MR) is 78.0 cm³/mol. The van der Waals surface area contributed by atoms with Gasteiger partial charge < -0.3 is 15.7 Å². The van der Waals surface area contributed by atoms with Crippen LogP contribution in [-0.2, 0) is 0 Å². The van der Waals surface area contributed by atoms with Gasteiger partial charge >= 0.3 is 0 Å². The molecule has 0 aliphatic heterocycles. The molecule has 0 heterocycles. The van der Waals surface area contributed by atoms with Crippen molar-refractivity contribution in [3.05, 3.63) is 35.1 Å². The van der Waals surface area contributed by atoms with Gasteiger partial charge in [0.25, 0.3) is 5.91 Å². The van der Waals surface area contributed by atoms with Crippen LogP contribution in [0.2, 0.25) is 0 Å². The zero-order chi connectivity index (χ0) is 15.4. The summed E-state index contributed by atoms with van der Waals surface area (Å²) >= 11 is 0. The van der Waals surface area contributed by atoms with Crippen molar-refractivity contribution in [3.63, 3.8) is 0 Å². The maximum absolute atomic E-state index is 13.8. The van der Waals surface area contributed by atoms with Crippen molar-refractivity contribution in [2.24, 2.45) is 11.7 Å². The van der Waals surface area contributed by atoms with Crippen LogP contribution in [0, 0.1) is 23.6 Å². The summed E-state index contributed by atoms with van der Waals surface area (Å²) in [6.07, 6.45) is 1.13. The first kappa shape index (κ1) is 15.5. The quantitative estimate of drug-likeness (QED) is 0.816. The van der Waals surface area contributed by atoms with E-state index in [9.17, 15) is 14.3 Å². The lowest BCUT2D eigenvalue weighted by atomic mass is 9.82. The summed E-state index contributed by atoms with van der Waals surface area (Å²) in [5.74, 6) is 4.83. The van der Waals surface area contributed by atoms with E-state index < -0.39 is 5.82 Å². The number of hydrogen-bond acceptors (Lipinski definition) is 3. The van der Waals surface area contributed by atoms with Gasteiger partial charge in [0.05, 0.1) is 18.2 Å². The maximum Gasteiger partial charge on any atom is 0.256 e. The molecular formula is C16H19FN2O2. The molecule has 5 heteroatoms. The first-order valence-corrected chi connectivity index (χ1v) is 6.93. The summed E-state index contributed by atoms with van der Waals surface area (Å²) in [6, 6.07) is 4.22. The number of aliphatic hydroxyl groups is 1. The zero-order valence-electron chi connectivity index (χ0n) is 12.0. The van der Waals surface area contributed by atoms with Crippen molar-refractivity contribution in [2.75, 3.05) is 20.1 Å². The molecule has 1 aliphatic carbocycles. The molecule has 3 N–H and O–H groups in total. The summed E-state index contributed by atoms with van der Waals surface area (Å²) in [6.45, 7) is 0.735. The monoisotopic (exact) mass is 290 g/mol. The highest BCUT2D eigenvalue weighted by molar-refractivity contribution is 5.94. The Hall–Kier alpha value is -1.90. The van der Waals surface area contributed by atoms with E-state index in [4.69, 9.17) is 5.73 Å². The van der Waals surface area contributed by atoms with Crippen LogP contribution in [0.5, 0.6) is 0 Å². The van der Waals surface area contributed by atoms with Crippen molar-refractivity contribution in [1.29, 1.82) is 0 Å². The minimum Gasteiger partial charge on any atom is -0.393 e. The number of nitrogens with two attached hydrogens (primary N) is 1. The van der Waals surface area contributed by atoms with E-state index in [-0.39, 0.29) is 30.0 Å². The zero-order valence-corrected chi connectivity index (χ0v) is 12.0.